The number of benzene rings is 1. The number of carbonyl (C=O) groups excluding carboxylic acids is 2. The van der Waals surface area contributed by atoms with Crippen molar-refractivity contribution in [1.82, 2.24) is 5.32 Å². The monoisotopic (exact) mass is 221 g/mol. The highest BCUT2D eigenvalue weighted by atomic mass is 19.1. The van der Waals surface area contributed by atoms with Gasteiger partial charge in [-0.2, -0.15) is 0 Å². The van der Waals surface area contributed by atoms with Gasteiger partial charge >= 0.3 is 0 Å². The van der Waals surface area contributed by atoms with Crippen LogP contribution in [0.25, 0.3) is 0 Å². The van der Waals surface area contributed by atoms with Crippen molar-refractivity contribution >= 4 is 11.8 Å². The predicted octanol–water partition coefficient (Wildman–Crippen LogP) is 1.42. The zero-order valence-corrected chi connectivity index (χ0v) is 8.92. The Labute approximate surface area is 92.7 Å². The summed E-state index contributed by atoms with van der Waals surface area (Å²) in [5.41, 5.74) is -0.0161. The maximum atomic E-state index is 13.0. The fraction of sp³-hybridized carbons (Fsp3) is 0.333. The maximum Gasteiger partial charge on any atom is 0.233 e. The Kier molecular flexibility index (Phi) is 2.50. The molecule has 4 heteroatoms. The molecule has 1 aliphatic rings. The smallest absolute Gasteiger partial charge is 0.233 e. The van der Waals surface area contributed by atoms with E-state index in [2.05, 4.69) is 5.32 Å². The molecule has 0 aliphatic carbocycles. The number of halogens is 1. The lowest BCUT2D eigenvalue weighted by Crippen LogP contribution is -2.30. The van der Waals surface area contributed by atoms with Crippen molar-refractivity contribution in [1.29, 1.82) is 0 Å². The molecule has 0 saturated carbocycles. The van der Waals surface area contributed by atoms with E-state index in [1.165, 1.54) is 12.1 Å². The second kappa shape index (κ2) is 3.70. The van der Waals surface area contributed by atoms with Crippen LogP contribution in [0, 0.1) is 11.2 Å². The normalized spacial score (nSPS) is 24.6. The van der Waals surface area contributed by atoms with Gasteiger partial charge in [0.25, 0.3) is 0 Å². The first-order valence-corrected chi connectivity index (χ1v) is 5.08. The van der Waals surface area contributed by atoms with Crippen LogP contribution in [0.5, 0.6) is 0 Å². The Morgan fingerprint density at radius 3 is 2.75 bits per heavy atom. The molecule has 1 N–H and O–H groups in total. The standard InChI is InChI=1S/C12H12FNO2/c1-12(7-10(15)14-11(12)16)6-8-3-2-4-9(13)5-8/h2-5H,6-7H2,1H3,(H,14,15,16). The Bertz CT molecular complexity index is 458. The predicted molar refractivity (Wildman–Crippen MR) is 56.0 cm³/mol. The third-order valence-corrected chi connectivity index (χ3v) is 2.84. The number of amides is 2. The number of carbonyl (C=O) groups is 2. The van der Waals surface area contributed by atoms with Crippen LogP contribution in [0.2, 0.25) is 0 Å². The second-order valence-corrected chi connectivity index (χ2v) is 4.42. The van der Waals surface area contributed by atoms with Gasteiger partial charge in [-0.3, -0.25) is 14.9 Å². The van der Waals surface area contributed by atoms with E-state index in [9.17, 15) is 14.0 Å². The summed E-state index contributed by atoms with van der Waals surface area (Å²) in [6, 6.07) is 6.10. The topological polar surface area (TPSA) is 46.2 Å². The maximum absolute atomic E-state index is 13.0. The summed E-state index contributed by atoms with van der Waals surface area (Å²) in [5.74, 6) is -0.864. The summed E-state index contributed by atoms with van der Waals surface area (Å²) < 4.78 is 13.0. The Hall–Kier alpha value is -1.71. The van der Waals surface area contributed by atoms with E-state index >= 15 is 0 Å². The van der Waals surface area contributed by atoms with Crippen LogP contribution in [0.4, 0.5) is 4.39 Å². The van der Waals surface area contributed by atoms with E-state index < -0.39 is 5.41 Å². The Morgan fingerprint density at radius 1 is 1.44 bits per heavy atom. The molecule has 0 bridgehead atoms. The van der Waals surface area contributed by atoms with Crippen molar-refractivity contribution in [2.45, 2.75) is 19.8 Å². The van der Waals surface area contributed by atoms with E-state index in [0.29, 0.717) is 6.42 Å². The van der Waals surface area contributed by atoms with Crippen molar-refractivity contribution in [3.05, 3.63) is 35.6 Å². The minimum absolute atomic E-state index is 0.169. The van der Waals surface area contributed by atoms with Crippen LogP contribution < -0.4 is 5.32 Å². The summed E-state index contributed by atoms with van der Waals surface area (Å²) in [4.78, 5) is 22.7. The fourth-order valence-electron chi connectivity index (χ4n) is 2.00. The van der Waals surface area contributed by atoms with Gasteiger partial charge in [0.05, 0.1) is 5.41 Å². The van der Waals surface area contributed by atoms with Gasteiger partial charge in [-0.05, 0) is 31.0 Å². The van der Waals surface area contributed by atoms with Crippen LogP contribution in [-0.4, -0.2) is 11.8 Å². The molecule has 0 spiro atoms. The summed E-state index contributed by atoms with van der Waals surface area (Å²) >= 11 is 0. The van der Waals surface area contributed by atoms with Gasteiger partial charge in [-0.1, -0.05) is 12.1 Å². The molecule has 2 amide bonds. The van der Waals surface area contributed by atoms with Crippen LogP contribution in [0.15, 0.2) is 24.3 Å². The van der Waals surface area contributed by atoms with E-state index in [0.717, 1.165) is 5.56 Å². The molecule has 84 valence electrons. The lowest BCUT2D eigenvalue weighted by Gasteiger charge is -2.19. The molecule has 1 aliphatic heterocycles. The van der Waals surface area contributed by atoms with Gasteiger partial charge in [0.15, 0.2) is 0 Å². The third kappa shape index (κ3) is 1.96. The van der Waals surface area contributed by atoms with Crippen molar-refractivity contribution in [2.75, 3.05) is 0 Å². The number of rotatable bonds is 2. The average Bonchev–Trinajstić information content (AvgIpc) is 2.39. The number of hydrogen-bond acceptors (Lipinski definition) is 2. The highest BCUT2D eigenvalue weighted by molar-refractivity contribution is 6.05. The second-order valence-electron chi connectivity index (χ2n) is 4.42. The zero-order valence-electron chi connectivity index (χ0n) is 8.92. The molecule has 0 radical (unpaired) electrons. The zero-order chi connectivity index (χ0) is 11.8. The SMILES string of the molecule is CC1(Cc2cccc(F)c2)CC(=O)NC1=O. The van der Waals surface area contributed by atoms with Gasteiger partial charge in [0.2, 0.25) is 11.8 Å². The first-order valence-electron chi connectivity index (χ1n) is 5.08. The third-order valence-electron chi connectivity index (χ3n) is 2.84. The van der Waals surface area contributed by atoms with Gasteiger partial charge in [0, 0.05) is 6.42 Å². The van der Waals surface area contributed by atoms with Gasteiger partial charge in [-0.25, -0.2) is 4.39 Å². The van der Waals surface area contributed by atoms with E-state index in [4.69, 9.17) is 0 Å². The van der Waals surface area contributed by atoms with Gasteiger partial charge < -0.3 is 0 Å². The number of imide groups is 1. The minimum atomic E-state index is -0.745. The largest absolute Gasteiger partial charge is 0.296 e. The quantitative estimate of drug-likeness (QED) is 0.768. The molecule has 16 heavy (non-hydrogen) atoms. The molecule has 1 atom stereocenters. The van der Waals surface area contributed by atoms with E-state index in [-0.39, 0.29) is 24.1 Å². The summed E-state index contributed by atoms with van der Waals surface area (Å²) in [7, 11) is 0. The Balaban J connectivity index is 2.21. The molecular weight excluding hydrogens is 209 g/mol. The van der Waals surface area contributed by atoms with E-state index in [1.807, 2.05) is 0 Å². The van der Waals surface area contributed by atoms with Crippen molar-refractivity contribution in [3.63, 3.8) is 0 Å². The molecule has 1 aromatic carbocycles. The summed E-state index contributed by atoms with van der Waals surface area (Å²) in [5, 5.41) is 2.27. The van der Waals surface area contributed by atoms with E-state index in [1.54, 1.807) is 19.1 Å². The highest BCUT2D eigenvalue weighted by Crippen LogP contribution is 2.31. The highest BCUT2D eigenvalue weighted by Gasteiger charge is 2.42. The molecule has 1 fully saturated rings. The molecular formula is C12H12FNO2. The molecule has 3 nitrogen and oxygen atoms in total. The summed E-state index contributed by atoms with van der Waals surface area (Å²) in [6.45, 7) is 1.72. The number of hydrogen-bond donors (Lipinski definition) is 1. The molecule has 1 unspecified atom stereocenters. The van der Waals surface area contributed by atoms with Crippen LogP contribution in [-0.2, 0) is 16.0 Å². The van der Waals surface area contributed by atoms with Crippen LogP contribution in [0.1, 0.15) is 18.9 Å². The first kappa shape index (κ1) is 10.8. The van der Waals surface area contributed by atoms with Gasteiger partial charge in [0.1, 0.15) is 5.82 Å². The van der Waals surface area contributed by atoms with Crippen LogP contribution >= 0.6 is 0 Å². The average molecular weight is 221 g/mol. The first-order chi connectivity index (χ1) is 7.49. The Morgan fingerprint density at radius 2 is 2.19 bits per heavy atom. The molecule has 0 aromatic heterocycles. The van der Waals surface area contributed by atoms with Gasteiger partial charge in [-0.15, -0.1) is 0 Å². The molecule has 1 heterocycles. The summed E-state index contributed by atoms with van der Waals surface area (Å²) in [6.07, 6.45) is 0.546. The lowest BCUT2D eigenvalue weighted by atomic mass is 9.82. The van der Waals surface area contributed by atoms with Crippen LogP contribution in [0.3, 0.4) is 0 Å². The van der Waals surface area contributed by atoms with Crippen molar-refractivity contribution in [2.24, 2.45) is 5.41 Å². The molecule has 2 rings (SSSR count). The molecule has 1 saturated heterocycles. The van der Waals surface area contributed by atoms with Crippen molar-refractivity contribution < 1.29 is 14.0 Å². The number of nitrogens with one attached hydrogen (secondary N) is 1. The fourth-order valence-corrected chi connectivity index (χ4v) is 2.00. The minimum Gasteiger partial charge on any atom is -0.296 e. The lowest BCUT2D eigenvalue weighted by molar-refractivity contribution is -0.128. The van der Waals surface area contributed by atoms with Crippen molar-refractivity contribution in [3.8, 4) is 0 Å². The molecule has 1 aromatic rings.